The highest BCUT2D eigenvalue weighted by Crippen LogP contribution is 2.46. The lowest BCUT2D eigenvalue weighted by Crippen LogP contribution is -2.49. The number of benzene rings is 1. The van der Waals surface area contributed by atoms with Gasteiger partial charge in [-0.15, -0.1) is 0 Å². The number of rotatable bonds is 6. The third-order valence-corrected chi connectivity index (χ3v) is 4.92. The second kappa shape index (κ2) is 6.93. The first-order valence-corrected chi connectivity index (χ1v) is 8.14. The molecule has 0 radical (unpaired) electrons. The Morgan fingerprint density at radius 2 is 2.00 bits per heavy atom. The van der Waals surface area contributed by atoms with Gasteiger partial charge < -0.3 is 0 Å². The maximum atomic E-state index is 6.10. The van der Waals surface area contributed by atoms with Crippen molar-refractivity contribution >= 4 is 11.6 Å². The number of hydrogen-bond donors (Lipinski definition) is 2. The van der Waals surface area contributed by atoms with Crippen LogP contribution in [0.3, 0.4) is 0 Å². The van der Waals surface area contributed by atoms with Gasteiger partial charge in [0, 0.05) is 11.1 Å². The molecule has 20 heavy (non-hydrogen) atoms. The summed E-state index contributed by atoms with van der Waals surface area (Å²) in [7, 11) is 0. The zero-order valence-electron chi connectivity index (χ0n) is 12.7. The molecule has 1 aromatic rings. The van der Waals surface area contributed by atoms with Gasteiger partial charge in [-0.1, -0.05) is 50.4 Å². The molecule has 0 spiro atoms. The lowest BCUT2D eigenvalue weighted by atomic mass is 9.71. The molecule has 3 heteroatoms. The molecule has 0 saturated heterocycles. The van der Waals surface area contributed by atoms with Crippen LogP contribution in [0.2, 0.25) is 5.02 Å². The maximum absolute atomic E-state index is 6.10. The standard InChI is InChI=1S/C17H27ClN2/c1-13(2)12-17(8-3-4-9-17)16(20-19)11-14-6-5-7-15(18)10-14/h5-7,10,13,16,20H,3-4,8-9,11-12,19H2,1-2H3. The van der Waals surface area contributed by atoms with E-state index in [1.807, 2.05) is 12.1 Å². The lowest BCUT2D eigenvalue weighted by molar-refractivity contribution is 0.154. The fourth-order valence-electron chi connectivity index (χ4n) is 3.94. The van der Waals surface area contributed by atoms with Crippen molar-refractivity contribution in [1.29, 1.82) is 0 Å². The molecular weight excluding hydrogens is 268 g/mol. The largest absolute Gasteiger partial charge is 0.271 e. The molecule has 1 unspecified atom stereocenters. The molecule has 1 aliphatic carbocycles. The Morgan fingerprint density at radius 1 is 1.30 bits per heavy atom. The highest BCUT2D eigenvalue weighted by Gasteiger charge is 2.41. The van der Waals surface area contributed by atoms with Crippen LogP contribution in [0.25, 0.3) is 0 Å². The van der Waals surface area contributed by atoms with Crippen molar-refractivity contribution in [1.82, 2.24) is 5.43 Å². The fourth-order valence-corrected chi connectivity index (χ4v) is 4.15. The van der Waals surface area contributed by atoms with E-state index >= 15 is 0 Å². The van der Waals surface area contributed by atoms with Crippen molar-refractivity contribution < 1.29 is 0 Å². The van der Waals surface area contributed by atoms with E-state index in [-0.39, 0.29) is 0 Å². The van der Waals surface area contributed by atoms with Gasteiger partial charge in [0.1, 0.15) is 0 Å². The molecule has 1 aromatic carbocycles. The van der Waals surface area contributed by atoms with Crippen LogP contribution in [-0.4, -0.2) is 6.04 Å². The predicted molar refractivity (Wildman–Crippen MR) is 86.6 cm³/mol. The third-order valence-electron chi connectivity index (χ3n) is 4.68. The molecule has 1 saturated carbocycles. The minimum atomic E-state index is 0.339. The van der Waals surface area contributed by atoms with Gasteiger partial charge >= 0.3 is 0 Å². The lowest BCUT2D eigenvalue weighted by Gasteiger charge is -2.39. The van der Waals surface area contributed by atoms with E-state index in [1.54, 1.807) is 0 Å². The molecule has 0 heterocycles. The van der Waals surface area contributed by atoms with Crippen molar-refractivity contribution in [3.8, 4) is 0 Å². The Hall–Kier alpha value is -0.570. The quantitative estimate of drug-likeness (QED) is 0.606. The van der Waals surface area contributed by atoms with Crippen molar-refractivity contribution in [3.05, 3.63) is 34.9 Å². The number of nitrogens with two attached hydrogens (primary N) is 1. The first-order chi connectivity index (χ1) is 9.55. The first-order valence-electron chi connectivity index (χ1n) is 7.76. The van der Waals surface area contributed by atoms with Gasteiger partial charge in [0.25, 0.3) is 0 Å². The monoisotopic (exact) mass is 294 g/mol. The zero-order chi connectivity index (χ0) is 14.6. The van der Waals surface area contributed by atoms with E-state index < -0.39 is 0 Å². The first kappa shape index (κ1) is 15.8. The average Bonchev–Trinajstić information content (AvgIpc) is 2.84. The summed E-state index contributed by atoms with van der Waals surface area (Å²) in [4.78, 5) is 0. The van der Waals surface area contributed by atoms with Crippen LogP contribution in [0.1, 0.15) is 51.5 Å². The number of halogens is 1. The second-order valence-electron chi connectivity index (χ2n) is 6.72. The van der Waals surface area contributed by atoms with Crippen molar-refractivity contribution in [3.63, 3.8) is 0 Å². The van der Waals surface area contributed by atoms with Crippen molar-refractivity contribution in [2.75, 3.05) is 0 Å². The topological polar surface area (TPSA) is 38.0 Å². The van der Waals surface area contributed by atoms with Gasteiger partial charge in [0.15, 0.2) is 0 Å². The molecular formula is C17H27ClN2. The van der Waals surface area contributed by atoms with Gasteiger partial charge in [-0.25, -0.2) is 0 Å². The van der Waals surface area contributed by atoms with E-state index in [1.165, 1.54) is 37.7 Å². The molecule has 0 amide bonds. The highest BCUT2D eigenvalue weighted by atomic mass is 35.5. The zero-order valence-corrected chi connectivity index (χ0v) is 13.4. The Kier molecular flexibility index (Phi) is 5.48. The third kappa shape index (κ3) is 3.75. The summed E-state index contributed by atoms with van der Waals surface area (Å²) in [5, 5.41) is 0.808. The van der Waals surface area contributed by atoms with Gasteiger partial charge in [-0.2, -0.15) is 0 Å². The normalized spacial score (nSPS) is 19.4. The summed E-state index contributed by atoms with van der Waals surface area (Å²) < 4.78 is 0. The Morgan fingerprint density at radius 3 is 2.55 bits per heavy atom. The minimum absolute atomic E-state index is 0.339. The van der Waals surface area contributed by atoms with Crippen LogP contribution in [-0.2, 0) is 6.42 Å². The van der Waals surface area contributed by atoms with E-state index in [9.17, 15) is 0 Å². The summed E-state index contributed by atoms with van der Waals surface area (Å²) in [6, 6.07) is 8.49. The molecule has 1 atom stereocenters. The molecule has 2 rings (SSSR count). The second-order valence-corrected chi connectivity index (χ2v) is 7.16. The van der Waals surface area contributed by atoms with Gasteiger partial charge in [0.05, 0.1) is 0 Å². The van der Waals surface area contributed by atoms with E-state index in [4.69, 9.17) is 17.4 Å². The predicted octanol–water partition coefficient (Wildman–Crippen LogP) is 4.32. The van der Waals surface area contributed by atoms with Gasteiger partial charge in [-0.3, -0.25) is 11.3 Å². The van der Waals surface area contributed by atoms with Crippen molar-refractivity contribution in [2.24, 2.45) is 17.2 Å². The van der Waals surface area contributed by atoms with Crippen LogP contribution in [0.15, 0.2) is 24.3 Å². The molecule has 0 aliphatic heterocycles. The van der Waals surface area contributed by atoms with E-state index in [0.29, 0.717) is 17.4 Å². The van der Waals surface area contributed by atoms with Crippen LogP contribution in [0.4, 0.5) is 0 Å². The van der Waals surface area contributed by atoms with E-state index in [2.05, 4.69) is 31.4 Å². The average molecular weight is 295 g/mol. The van der Waals surface area contributed by atoms with Gasteiger partial charge in [-0.05, 0) is 54.7 Å². The smallest absolute Gasteiger partial charge is 0.0408 e. The molecule has 0 bridgehead atoms. The Bertz CT molecular complexity index is 425. The Balaban J connectivity index is 2.16. The molecule has 1 fully saturated rings. The number of hydrazine groups is 1. The molecule has 1 aliphatic rings. The van der Waals surface area contributed by atoms with Crippen LogP contribution >= 0.6 is 11.6 Å². The summed E-state index contributed by atoms with van der Waals surface area (Å²) >= 11 is 6.10. The summed E-state index contributed by atoms with van der Waals surface area (Å²) in [6.45, 7) is 4.63. The minimum Gasteiger partial charge on any atom is -0.271 e. The molecule has 112 valence electrons. The molecule has 3 N–H and O–H groups in total. The van der Waals surface area contributed by atoms with Crippen LogP contribution in [0, 0.1) is 11.3 Å². The number of nitrogens with one attached hydrogen (secondary N) is 1. The maximum Gasteiger partial charge on any atom is 0.0408 e. The number of hydrogen-bond acceptors (Lipinski definition) is 2. The summed E-state index contributed by atoms with van der Waals surface area (Å²) in [6.07, 6.45) is 7.47. The summed E-state index contributed by atoms with van der Waals surface area (Å²) in [5.74, 6) is 6.63. The molecule has 0 aromatic heterocycles. The van der Waals surface area contributed by atoms with Crippen molar-refractivity contribution in [2.45, 2.75) is 58.4 Å². The fraction of sp³-hybridized carbons (Fsp3) is 0.647. The summed E-state index contributed by atoms with van der Waals surface area (Å²) in [5.41, 5.74) is 4.74. The van der Waals surface area contributed by atoms with Crippen LogP contribution in [0.5, 0.6) is 0 Å². The van der Waals surface area contributed by atoms with E-state index in [0.717, 1.165) is 11.4 Å². The SMILES string of the molecule is CC(C)CC1(C(Cc2cccc(Cl)c2)NN)CCCC1. The van der Waals surface area contributed by atoms with Crippen LogP contribution < -0.4 is 11.3 Å². The Labute approximate surface area is 128 Å². The van der Waals surface area contributed by atoms with Gasteiger partial charge in [0.2, 0.25) is 0 Å². The highest BCUT2D eigenvalue weighted by molar-refractivity contribution is 6.30. The molecule has 2 nitrogen and oxygen atoms in total.